The Morgan fingerprint density at radius 3 is 2.79 bits per heavy atom. The van der Waals surface area contributed by atoms with E-state index < -0.39 is 11.1 Å². The van der Waals surface area contributed by atoms with Gasteiger partial charge < -0.3 is 15.3 Å². The molecule has 0 spiro atoms. The minimum atomic E-state index is -0.601. The van der Waals surface area contributed by atoms with E-state index in [1.54, 1.807) is 17.1 Å². The van der Waals surface area contributed by atoms with Gasteiger partial charge in [-0.2, -0.15) is 0 Å². The summed E-state index contributed by atoms with van der Waals surface area (Å²) >= 11 is 0. The topological polar surface area (TPSA) is 98.7 Å². The molecule has 4 rings (SSSR count). The van der Waals surface area contributed by atoms with Crippen molar-refractivity contribution in [3.05, 3.63) is 57.6 Å². The Labute approximate surface area is 137 Å². The molecular formula is C17H19N5O2. The first-order valence-electron chi connectivity index (χ1n) is 8.17. The van der Waals surface area contributed by atoms with Gasteiger partial charge >= 0.3 is 11.1 Å². The van der Waals surface area contributed by atoms with Crippen molar-refractivity contribution in [2.75, 3.05) is 0 Å². The van der Waals surface area contributed by atoms with Crippen LogP contribution in [0.2, 0.25) is 0 Å². The Morgan fingerprint density at radius 1 is 1.21 bits per heavy atom. The maximum Gasteiger partial charge on any atom is 0.317 e. The van der Waals surface area contributed by atoms with Gasteiger partial charge in [-0.25, -0.2) is 4.98 Å². The van der Waals surface area contributed by atoms with E-state index in [-0.39, 0.29) is 12.1 Å². The molecule has 7 nitrogen and oxygen atoms in total. The van der Waals surface area contributed by atoms with Gasteiger partial charge in [0.2, 0.25) is 0 Å². The molecule has 0 aliphatic heterocycles. The number of fused-ring (bicyclic) bond motifs is 1. The molecule has 0 saturated heterocycles. The molecule has 124 valence electrons. The third-order valence-corrected chi connectivity index (χ3v) is 4.82. The molecule has 3 aromatic rings. The number of H-pyrrole nitrogens is 1. The quantitative estimate of drug-likeness (QED) is 0.694. The second kappa shape index (κ2) is 5.76. The minimum absolute atomic E-state index is 0.113. The lowest BCUT2D eigenvalue weighted by molar-refractivity contribution is 0.306. The lowest BCUT2D eigenvalue weighted by Crippen LogP contribution is -2.45. The zero-order chi connectivity index (χ0) is 16.7. The molecule has 2 atom stereocenters. The normalized spacial score (nSPS) is 21.2. The molecule has 1 fully saturated rings. The van der Waals surface area contributed by atoms with Gasteiger partial charge in [0.05, 0.1) is 23.4 Å². The van der Waals surface area contributed by atoms with Crippen LogP contribution in [-0.4, -0.2) is 25.1 Å². The van der Waals surface area contributed by atoms with Crippen LogP contribution in [0.1, 0.15) is 31.7 Å². The zero-order valence-electron chi connectivity index (χ0n) is 13.2. The standard InChI is InChI=1S/C17H19N5O2/c18-12-3-1-2-4-14(12)22-15-9-11(21-8-7-19-10-21)5-6-13(15)20-16(23)17(22)24/h5-10,12,14H,1-4,18H2,(H,20,23). The second-order valence-electron chi connectivity index (χ2n) is 6.32. The van der Waals surface area contributed by atoms with Gasteiger partial charge in [-0.3, -0.25) is 14.2 Å². The molecule has 7 heteroatoms. The van der Waals surface area contributed by atoms with Crippen LogP contribution in [0.15, 0.2) is 46.5 Å². The highest BCUT2D eigenvalue weighted by molar-refractivity contribution is 5.77. The highest BCUT2D eigenvalue weighted by atomic mass is 16.2. The third-order valence-electron chi connectivity index (χ3n) is 4.82. The van der Waals surface area contributed by atoms with Crippen LogP contribution in [0.25, 0.3) is 16.7 Å². The van der Waals surface area contributed by atoms with Crippen LogP contribution < -0.4 is 16.9 Å². The Kier molecular flexibility index (Phi) is 3.57. The van der Waals surface area contributed by atoms with Crippen LogP contribution in [0, 0.1) is 0 Å². The molecule has 2 aromatic heterocycles. The number of aromatic amines is 1. The van der Waals surface area contributed by atoms with Gasteiger partial charge in [-0.15, -0.1) is 0 Å². The smallest absolute Gasteiger partial charge is 0.317 e. The molecule has 1 aliphatic carbocycles. The molecule has 1 saturated carbocycles. The monoisotopic (exact) mass is 325 g/mol. The number of imidazole rings is 1. The summed E-state index contributed by atoms with van der Waals surface area (Å²) in [6, 6.07) is 5.34. The SMILES string of the molecule is NC1CCCCC1n1c(=O)c(=O)[nH]c2ccc(-n3ccnc3)cc21. The average Bonchev–Trinajstić information content (AvgIpc) is 3.11. The summed E-state index contributed by atoms with van der Waals surface area (Å²) in [6.07, 6.45) is 8.99. The Bertz CT molecular complexity index is 986. The van der Waals surface area contributed by atoms with Crippen molar-refractivity contribution in [1.82, 2.24) is 19.1 Å². The highest BCUT2D eigenvalue weighted by Crippen LogP contribution is 2.28. The summed E-state index contributed by atoms with van der Waals surface area (Å²) < 4.78 is 3.46. The van der Waals surface area contributed by atoms with Gasteiger partial charge in [-0.05, 0) is 31.0 Å². The summed E-state index contributed by atoms with van der Waals surface area (Å²) in [5, 5.41) is 0. The van der Waals surface area contributed by atoms with E-state index >= 15 is 0 Å². The molecule has 0 amide bonds. The van der Waals surface area contributed by atoms with Crippen molar-refractivity contribution in [3.63, 3.8) is 0 Å². The molecule has 1 aliphatic rings. The largest absolute Gasteiger partial charge is 0.326 e. The lowest BCUT2D eigenvalue weighted by atomic mass is 9.90. The van der Waals surface area contributed by atoms with E-state index in [0.29, 0.717) is 11.0 Å². The van der Waals surface area contributed by atoms with E-state index in [0.717, 1.165) is 31.4 Å². The predicted octanol–water partition coefficient (Wildman–Crippen LogP) is 1.32. The number of nitrogens with two attached hydrogens (primary N) is 1. The molecule has 2 heterocycles. The summed E-state index contributed by atoms with van der Waals surface area (Å²) in [6.45, 7) is 0. The van der Waals surface area contributed by atoms with Crippen LogP contribution in [0.4, 0.5) is 0 Å². The summed E-state index contributed by atoms with van der Waals surface area (Å²) in [7, 11) is 0. The van der Waals surface area contributed by atoms with E-state index in [1.807, 2.05) is 29.0 Å². The van der Waals surface area contributed by atoms with E-state index in [1.165, 1.54) is 0 Å². The van der Waals surface area contributed by atoms with Crippen molar-refractivity contribution in [2.24, 2.45) is 5.73 Å². The van der Waals surface area contributed by atoms with E-state index in [2.05, 4.69) is 9.97 Å². The first kappa shape index (κ1) is 14.9. The third kappa shape index (κ3) is 2.37. The Morgan fingerprint density at radius 2 is 2.04 bits per heavy atom. The summed E-state index contributed by atoms with van der Waals surface area (Å²) in [5.74, 6) is 0. The average molecular weight is 325 g/mol. The molecule has 24 heavy (non-hydrogen) atoms. The number of nitrogens with zero attached hydrogens (tertiary/aromatic N) is 3. The highest BCUT2D eigenvalue weighted by Gasteiger charge is 2.26. The van der Waals surface area contributed by atoms with Gasteiger partial charge in [0, 0.05) is 24.1 Å². The number of rotatable bonds is 2. The first-order chi connectivity index (χ1) is 11.6. The minimum Gasteiger partial charge on any atom is -0.326 e. The van der Waals surface area contributed by atoms with Crippen molar-refractivity contribution in [1.29, 1.82) is 0 Å². The van der Waals surface area contributed by atoms with Gasteiger partial charge in [0.1, 0.15) is 0 Å². The Hall–Kier alpha value is -2.67. The number of hydrogen-bond donors (Lipinski definition) is 2. The fourth-order valence-corrected chi connectivity index (χ4v) is 3.58. The molecule has 2 unspecified atom stereocenters. The summed E-state index contributed by atoms with van der Waals surface area (Å²) in [5.41, 5.74) is 7.35. The van der Waals surface area contributed by atoms with Crippen molar-refractivity contribution in [3.8, 4) is 5.69 Å². The van der Waals surface area contributed by atoms with Crippen LogP contribution in [-0.2, 0) is 0 Å². The van der Waals surface area contributed by atoms with Crippen molar-refractivity contribution in [2.45, 2.75) is 37.8 Å². The summed E-state index contributed by atoms with van der Waals surface area (Å²) in [4.78, 5) is 31.4. The van der Waals surface area contributed by atoms with Crippen LogP contribution in [0.3, 0.4) is 0 Å². The number of nitrogens with one attached hydrogen (secondary N) is 1. The molecule has 3 N–H and O–H groups in total. The second-order valence-corrected chi connectivity index (χ2v) is 6.32. The molecule has 1 aromatic carbocycles. The van der Waals surface area contributed by atoms with E-state index in [9.17, 15) is 9.59 Å². The lowest BCUT2D eigenvalue weighted by Gasteiger charge is -2.31. The maximum atomic E-state index is 12.6. The van der Waals surface area contributed by atoms with Gasteiger partial charge in [-0.1, -0.05) is 12.8 Å². The van der Waals surface area contributed by atoms with Gasteiger partial charge in [0.25, 0.3) is 0 Å². The van der Waals surface area contributed by atoms with Crippen LogP contribution >= 0.6 is 0 Å². The zero-order valence-corrected chi connectivity index (χ0v) is 13.2. The Balaban J connectivity index is 1.98. The number of hydrogen-bond acceptors (Lipinski definition) is 4. The van der Waals surface area contributed by atoms with Crippen molar-refractivity contribution >= 4 is 11.0 Å². The molecule has 0 radical (unpaired) electrons. The molecular weight excluding hydrogens is 306 g/mol. The maximum absolute atomic E-state index is 12.6. The first-order valence-corrected chi connectivity index (χ1v) is 8.17. The number of benzene rings is 1. The fraction of sp³-hybridized carbons (Fsp3) is 0.353. The van der Waals surface area contributed by atoms with Crippen molar-refractivity contribution < 1.29 is 0 Å². The predicted molar refractivity (Wildman–Crippen MR) is 91.4 cm³/mol. The fourth-order valence-electron chi connectivity index (χ4n) is 3.58. The van der Waals surface area contributed by atoms with Crippen LogP contribution in [0.5, 0.6) is 0 Å². The molecule has 0 bridgehead atoms. The van der Waals surface area contributed by atoms with Gasteiger partial charge in [0.15, 0.2) is 0 Å². The van der Waals surface area contributed by atoms with E-state index in [4.69, 9.17) is 5.73 Å². The number of aromatic nitrogens is 4.